The van der Waals surface area contributed by atoms with Crippen LogP contribution in [0.15, 0.2) is 37.1 Å². The summed E-state index contributed by atoms with van der Waals surface area (Å²) in [6, 6.07) is 3.87. The zero-order valence-corrected chi connectivity index (χ0v) is 18.5. The Morgan fingerprint density at radius 1 is 1.00 bits per heavy atom. The number of nitrogens with zero attached hydrogens (tertiary/aromatic N) is 5. The highest BCUT2D eigenvalue weighted by molar-refractivity contribution is 6.08. The Balaban J connectivity index is 1.18. The van der Waals surface area contributed by atoms with Crippen molar-refractivity contribution in [3.63, 3.8) is 0 Å². The summed E-state index contributed by atoms with van der Waals surface area (Å²) < 4.78 is 0. The number of likely N-dealkylation sites (tertiary alicyclic amines) is 2. The van der Waals surface area contributed by atoms with E-state index in [9.17, 15) is 14.4 Å². The topological polar surface area (TPSA) is 96.4 Å². The van der Waals surface area contributed by atoms with Crippen LogP contribution in [0.2, 0.25) is 0 Å². The minimum Gasteiger partial charge on any atom is -0.340 e. The summed E-state index contributed by atoms with van der Waals surface area (Å²) in [5.41, 5.74) is 2.87. The maximum absolute atomic E-state index is 13.2. The number of carbonyl (C=O) groups is 3. The molecular weight excluding hydrogens is 418 g/mol. The molecule has 8 nitrogen and oxygen atoms in total. The summed E-state index contributed by atoms with van der Waals surface area (Å²) in [7, 11) is 0. The predicted octanol–water partition coefficient (Wildman–Crippen LogP) is 2.28. The van der Waals surface area contributed by atoms with E-state index in [4.69, 9.17) is 0 Å². The first kappa shape index (κ1) is 20.4. The molecule has 2 aliphatic heterocycles. The van der Waals surface area contributed by atoms with E-state index < -0.39 is 0 Å². The Morgan fingerprint density at radius 2 is 1.73 bits per heavy atom. The Kier molecular flexibility index (Phi) is 4.96. The van der Waals surface area contributed by atoms with Crippen LogP contribution < -0.4 is 0 Å². The molecule has 4 heterocycles. The summed E-state index contributed by atoms with van der Waals surface area (Å²) in [6.45, 7) is 1.04. The predicted molar refractivity (Wildman–Crippen MR) is 118 cm³/mol. The maximum Gasteiger partial charge on any atom is 0.242 e. The van der Waals surface area contributed by atoms with Crippen molar-refractivity contribution < 1.29 is 14.4 Å². The van der Waals surface area contributed by atoms with Gasteiger partial charge in [0.05, 0.1) is 17.5 Å². The molecule has 0 unspecified atom stereocenters. The molecule has 2 bridgehead atoms. The average molecular weight is 446 g/mol. The quantitative estimate of drug-likeness (QED) is 0.670. The molecule has 5 atom stereocenters. The van der Waals surface area contributed by atoms with Crippen LogP contribution in [-0.4, -0.2) is 62.1 Å². The van der Waals surface area contributed by atoms with Crippen LogP contribution >= 0.6 is 0 Å². The molecule has 3 amide bonds. The van der Waals surface area contributed by atoms with Gasteiger partial charge in [-0.25, -0.2) is 9.97 Å². The van der Waals surface area contributed by atoms with E-state index in [1.165, 1.54) is 4.90 Å². The van der Waals surface area contributed by atoms with Gasteiger partial charge in [0.15, 0.2) is 0 Å². The summed E-state index contributed by atoms with van der Waals surface area (Å²) in [4.78, 5) is 55.2. The second kappa shape index (κ2) is 8.01. The van der Waals surface area contributed by atoms with Crippen molar-refractivity contribution in [2.24, 2.45) is 23.7 Å². The molecule has 170 valence electrons. The Labute approximate surface area is 192 Å². The molecule has 2 aromatic rings. The van der Waals surface area contributed by atoms with E-state index in [0.717, 1.165) is 48.9 Å². The second-order valence-corrected chi connectivity index (χ2v) is 9.88. The van der Waals surface area contributed by atoms with Crippen LogP contribution in [-0.2, 0) is 14.4 Å². The lowest BCUT2D eigenvalue weighted by atomic mass is 9.81. The van der Waals surface area contributed by atoms with Gasteiger partial charge in [0, 0.05) is 43.2 Å². The fourth-order valence-corrected chi connectivity index (χ4v) is 6.71. The molecule has 0 spiro atoms. The molecule has 4 fully saturated rings. The maximum atomic E-state index is 13.2. The molecule has 0 aromatic carbocycles. The van der Waals surface area contributed by atoms with Crippen LogP contribution in [0.5, 0.6) is 0 Å². The van der Waals surface area contributed by atoms with Gasteiger partial charge in [0.1, 0.15) is 12.9 Å². The Hall–Kier alpha value is -3.16. The van der Waals surface area contributed by atoms with Gasteiger partial charge in [-0.15, -0.1) is 0 Å². The monoisotopic (exact) mass is 445 g/mol. The number of hydrogen-bond acceptors (Lipinski definition) is 6. The number of rotatable bonds is 4. The molecule has 0 radical (unpaired) electrons. The van der Waals surface area contributed by atoms with E-state index in [-0.39, 0.29) is 42.0 Å². The Morgan fingerprint density at radius 3 is 2.45 bits per heavy atom. The zero-order valence-electron chi connectivity index (χ0n) is 18.5. The van der Waals surface area contributed by atoms with Gasteiger partial charge in [-0.2, -0.15) is 0 Å². The fourth-order valence-electron chi connectivity index (χ4n) is 6.71. The number of imide groups is 1. The largest absolute Gasteiger partial charge is 0.340 e. The van der Waals surface area contributed by atoms with Crippen molar-refractivity contribution in [2.75, 3.05) is 19.6 Å². The molecular formula is C25H27N5O3. The van der Waals surface area contributed by atoms with Gasteiger partial charge in [0.2, 0.25) is 17.7 Å². The molecule has 4 aliphatic rings. The summed E-state index contributed by atoms with van der Waals surface area (Å²) >= 11 is 0. The third kappa shape index (κ3) is 3.34. The van der Waals surface area contributed by atoms with E-state index >= 15 is 0 Å². The van der Waals surface area contributed by atoms with Gasteiger partial charge >= 0.3 is 0 Å². The van der Waals surface area contributed by atoms with Gasteiger partial charge in [-0.3, -0.25) is 24.3 Å². The summed E-state index contributed by atoms with van der Waals surface area (Å²) in [6.07, 6.45) is 11.7. The van der Waals surface area contributed by atoms with Crippen LogP contribution in [0.1, 0.15) is 43.7 Å². The molecule has 0 N–H and O–H groups in total. The van der Waals surface area contributed by atoms with Gasteiger partial charge in [-0.05, 0) is 61.6 Å². The third-order valence-corrected chi connectivity index (χ3v) is 8.21. The van der Waals surface area contributed by atoms with Crippen molar-refractivity contribution in [1.82, 2.24) is 24.8 Å². The standard InChI is InChI=1S/C25H27N5O3/c31-20(13-30-24(32)21-16-3-4-17(10-16)22(21)25(30)33)29-9-1-2-18(12-29)23-19(11-27-14-28-23)15-5-7-26-8-6-15/h5-8,11,14,16-18,21-22H,1-4,9-10,12-13H2/t16-,17+,18-,21-,22-/m0/s1. The molecule has 2 saturated carbocycles. The van der Waals surface area contributed by atoms with E-state index in [1.807, 2.05) is 18.3 Å². The number of pyridine rings is 1. The summed E-state index contributed by atoms with van der Waals surface area (Å²) in [5.74, 6) is 0.0110. The van der Waals surface area contributed by atoms with Crippen LogP contribution in [0.25, 0.3) is 11.1 Å². The number of carbonyl (C=O) groups excluding carboxylic acids is 3. The van der Waals surface area contributed by atoms with Crippen molar-refractivity contribution in [3.8, 4) is 11.1 Å². The molecule has 8 heteroatoms. The van der Waals surface area contributed by atoms with Gasteiger partial charge < -0.3 is 4.90 Å². The fraction of sp³-hybridized carbons (Fsp3) is 0.520. The van der Waals surface area contributed by atoms with Crippen LogP contribution in [0.4, 0.5) is 0 Å². The SMILES string of the molecule is O=C(CN1C(=O)[C@H]2[C@@H]3CC[C@@H](C3)[C@@H]2C1=O)N1CCC[C@H](c2ncncc2-c2ccncc2)C1. The first-order chi connectivity index (χ1) is 16.1. The van der Waals surface area contributed by atoms with Crippen molar-refractivity contribution in [3.05, 3.63) is 42.7 Å². The first-order valence-electron chi connectivity index (χ1n) is 11.9. The van der Waals surface area contributed by atoms with Crippen molar-refractivity contribution >= 4 is 17.7 Å². The lowest BCUT2D eigenvalue weighted by Crippen LogP contribution is -2.46. The van der Waals surface area contributed by atoms with Crippen LogP contribution in [0.3, 0.4) is 0 Å². The third-order valence-electron chi connectivity index (χ3n) is 8.21. The number of fused-ring (bicyclic) bond motifs is 5. The zero-order chi connectivity index (χ0) is 22.5. The highest BCUT2D eigenvalue weighted by Gasteiger charge is 2.61. The minimum absolute atomic E-state index is 0.0778. The van der Waals surface area contributed by atoms with Crippen molar-refractivity contribution in [1.29, 1.82) is 0 Å². The first-order valence-corrected chi connectivity index (χ1v) is 11.9. The van der Waals surface area contributed by atoms with E-state index in [0.29, 0.717) is 24.9 Å². The number of piperidine rings is 1. The number of hydrogen-bond donors (Lipinski definition) is 0. The van der Waals surface area contributed by atoms with Crippen molar-refractivity contribution in [2.45, 2.75) is 38.0 Å². The molecule has 2 aromatic heterocycles. The molecule has 33 heavy (non-hydrogen) atoms. The molecule has 6 rings (SSSR count). The summed E-state index contributed by atoms with van der Waals surface area (Å²) in [5, 5.41) is 0. The van der Waals surface area contributed by atoms with Gasteiger partial charge in [-0.1, -0.05) is 0 Å². The average Bonchev–Trinajstić information content (AvgIpc) is 3.55. The lowest BCUT2D eigenvalue weighted by Gasteiger charge is -2.34. The van der Waals surface area contributed by atoms with Crippen LogP contribution in [0, 0.1) is 23.7 Å². The number of aromatic nitrogens is 3. The smallest absolute Gasteiger partial charge is 0.242 e. The Bertz CT molecular complexity index is 1080. The van der Waals surface area contributed by atoms with Gasteiger partial charge in [0.25, 0.3) is 0 Å². The normalized spacial score (nSPS) is 30.7. The number of amides is 3. The minimum atomic E-state index is -0.179. The highest BCUT2D eigenvalue weighted by Crippen LogP contribution is 2.56. The molecule has 2 saturated heterocycles. The van der Waals surface area contributed by atoms with E-state index in [2.05, 4.69) is 15.0 Å². The van der Waals surface area contributed by atoms with E-state index in [1.54, 1.807) is 23.6 Å². The lowest BCUT2D eigenvalue weighted by molar-refractivity contribution is -0.147. The molecule has 2 aliphatic carbocycles. The second-order valence-electron chi connectivity index (χ2n) is 9.88. The highest BCUT2D eigenvalue weighted by atomic mass is 16.2.